The van der Waals surface area contributed by atoms with E-state index in [2.05, 4.69) is 0 Å². The number of nitrogens with two attached hydrogens (primary N) is 1. The molecule has 1 aliphatic carbocycles. The van der Waals surface area contributed by atoms with Gasteiger partial charge < -0.3 is 21.1 Å². The van der Waals surface area contributed by atoms with Crippen molar-refractivity contribution in [3.8, 4) is 11.5 Å². The number of aryl methyl sites for hydroxylation is 1. The molecule has 0 saturated heterocycles. The third kappa shape index (κ3) is 1.27. The summed E-state index contributed by atoms with van der Waals surface area (Å²) in [7, 11) is 0. The van der Waals surface area contributed by atoms with E-state index in [4.69, 9.17) is 5.73 Å². The van der Waals surface area contributed by atoms with Gasteiger partial charge in [-0.15, -0.1) is 0 Å². The Morgan fingerprint density at radius 1 is 1.06 bits per heavy atom. The lowest BCUT2D eigenvalue weighted by Gasteiger charge is -2.18. The number of Topliss-reactive ketones (excluding diaryl/α,β-unsaturated/α-hetero) is 2. The summed E-state index contributed by atoms with van der Waals surface area (Å²) >= 11 is 0. The molecule has 0 bridgehead atoms. The number of fused-ring (bicyclic) bond motifs is 1. The van der Waals surface area contributed by atoms with Crippen LogP contribution in [0.1, 0.15) is 21.5 Å². The van der Waals surface area contributed by atoms with Gasteiger partial charge in [-0.25, -0.2) is 0 Å². The molecule has 0 unspecified atom stereocenters. The fraction of sp³-hybridized carbons (Fsp3) is 0.0909. The van der Waals surface area contributed by atoms with Crippen molar-refractivity contribution in [3.05, 3.63) is 28.5 Å². The maximum Gasteiger partial charge on any atom is 0.253 e. The van der Waals surface area contributed by atoms with Crippen LogP contribution < -0.4 is 5.73 Å². The molecule has 0 spiro atoms. The van der Waals surface area contributed by atoms with Gasteiger partial charge in [-0.05, 0) is 18.6 Å². The number of aliphatic hydroxyl groups excluding tert-OH is 1. The highest BCUT2D eigenvalue weighted by Gasteiger charge is 2.36. The maximum atomic E-state index is 11.7. The Labute approximate surface area is 95.6 Å². The number of hydrogen-bond donors (Lipinski definition) is 4. The van der Waals surface area contributed by atoms with Crippen molar-refractivity contribution in [2.75, 3.05) is 0 Å². The fourth-order valence-corrected chi connectivity index (χ4v) is 1.73. The van der Waals surface area contributed by atoms with Gasteiger partial charge in [0.2, 0.25) is 5.78 Å². The Bertz CT molecular complexity index is 600. The van der Waals surface area contributed by atoms with Crippen molar-refractivity contribution in [3.63, 3.8) is 0 Å². The number of aliphatic hydroxyl groups is 1. The molecule has 0 aromatic heterocycles. The Morgan fingerprint density at radius 2 is 1.65 bits per heavy atom. The molecule has 0 saturated carbocycles. The predicted octanol–water partition coefficient (Wildman–Crippen LogP) is 0.357. The van der Waals surface area contributed by atoms with Crippen molar-refractivity contribution in [1.82, 2.24) is 0 Å². The molecule has 6 nitrogen and oxygen atoms in total. The van der Waals surface area contributed by atoms with Crippen LogP contribution in [-0.2, 0) is 4.79 Å². The van der Waals surface area contributed by atoms with Crippen LogP contribution in [0, 0.1) is 6.92 Å². The Hall–Kier alpha value is -2.50. The van der Waals surface area contributed by atoms with Crippen LogP contribution in [0.3, 0.4) is 0 Å². The zero-order valence-electron chi connectivity index (χ0n) is 8.81. The number of phenols is 2. The van der Waals surface area contributed by atoms with Gasteiger partial charge in [0.1, 0.15) is 17.2 Å². The number of carbonyl (C=O) groups excluding carboxylic acids is 2. The van der Waals surface area contributed by atoms with E-state index in [-0.39, 0.29) is 11.1 Å². The quantitative estimate of drug-likeness (QED) is 0.380. The number of benzene rings is 1. The van der Waals surface area contributed by atoms with Crippen LogP contribution in [0.5, 0.6) is 11.5 Å². The van der Waals surface area contributed by atoms with E-state index in [1.807, 2.05) is 0 Å². The largest absolute Gasteiger partial charge is 0.507 e. The van der Waals surface area contributed by atoms with Gasteiger partial charge in [0.25, 0.3) is 5.78 Å². The van der Waals surface area contributed by atoms with Gasteiger partial charge in [-0.2, -0.15) is 0 Å². The number of carbonyl (C=O) groups is 2. The molecule has 0 radical (unpaired) electrons. The Balaban J connectivity index is 2.95. The molecular formula is C11H9NO5. The summed E-state index contributed by atoms with van der Waals surface area (Å²) in [5.41, 5.74) is 4.10. The third-order valence-corrected chi connectivity index (χ3v) is 2.64. The van der Waals surface area contributed by atoms with Crippen molar-refractivity contribution >= 4 is 17.3 Å². The molecular weight excluding hydrogens is 226 g/mol. The molecule has 17 heavy (non-hydrogen) atoms. The van der Waals surface area contributed by atoms with Gasteiger partial charge in [0, 0.05) is 0 Å². The molecule has 0 atom stereocenters. The van der Waals surface area contributed by atoms with E-state index in [0.717, 1.165) is 0 Å². The number of ketones is 2. The van der Waals surface area contributed by atoms with E-state index in [1.165, 1.54) is 13.0 Å². The van der Waals surface area contributed by atoms with Crippen LogP contribution in [0.25, 0.3) is 5.76 Å². The van der Waals surface area contributed by atoms with Crippen molar-refractivity contribution in [2.24, 2.45) is 5.73 Å². The average molecular weight is 235 g/mol. The minimum absolute atomic E-state index is 0.218. The molecule has 1 aliphatic rings. The van der Waals surface area contributed by atoms with Gasteiger partial charge >= 0.3 is 0 Å². The summed E-state index contributed by atoms with van der Waals surface area (Å²) in [6.07, 6.45) is 0. The normalized spacial score (nSPS) is 15.1. The SMILES string of the molecule is Cc1cc(O)c2c(c1O)C(=O)C(=O)C(N)=C2O. The van der Waals surface area contributed by atoms with Crippen LogP contribution in [0.4, 0.5) is 0 Å². The molecule has 88 valence electrons. The van der Waals surface area contributed by atoms with Gasteiger partial charge in [-0.3, -0.25) is 9.59 Å². The molecule has 6 heteroatoms. The predicted molar refractivity (Wildman–Crippen MR) is 57.6 cm³/mol. The minimum atomic E-state index is -1.10. The number of phenolic OH excluding ortho intramolecular Hbond substituents is 2. The number of aromatic hydroxyl groups is 2. The molecule has 0 amide bonds. The first-order valence-corrected chi connectivity index (χ1v) is 4.70. The fourth-order valence-electron chi connectivity index (χ4n) is 1.73. The minimum Gasteiger partial charge on any atom is -0.507 e. The molecule has 1 aromatic rings. The van der Waals surface area contributed by atoms with Gasteiger partial charge in [-0.1, -0.05) is 0 Å². The van der Waals surface area contributed by atoms with E-state index in [1.54, 1.807) is 0 Å². The second kappa shape index (κ2) is 3.24. The smallest absolute Gasteiger partial charge is 0.253 e. The number of rotatable bonds is 0. The second-order valence-corrected chi connectivity index (χ2v) is 3.73. The summed E-state index contributed by atoms with van der Waals surface area (Å²) in [6.45, 7) is 1.45. The topological polar surface area (TPSA) is 121 Å². The summed E-state index contributed by atoms with van der Waals surface area (Å²) in [6, 6.07) is 1.17. The van der Waals surface area contributed by atoms with E-state index in [9.17, 15) is 24.9 Å². The number of hydrogen-bond acceptors (Lipinski definition) is 6. The maximum absolute atomic E-state index is 11.7. The first kappa shape index (κ1) is 11.0. The molecule has 2 rings (SSSR count). The van der Waals surface area contributed by atoms with Crippen molar-refractivity contribution < 1.29 is 24.9 Å². The summed E-state index contributed by atoms with van der Waals surface area (Å²) in [5.74, 6) is -3.72. The van der Waals surface area contributed by atoms with Crippen LogP contribution in [0.2, 0.25) is 0 Å². The van der Waals surface area contributed by atoms with Crippen LogP contribution in [-0.4, -0.2) is 26.9 Å². The number of allylic oxidation sites excluding steroid dienone is 1. The standard InChI is InChI=1S/C11H9NO5/c1-3-2-4(13)5-6(8(3)14)10(16)11(17)7(12)9(5)15/h2,13-15H,12H2,1H3. The van der Waals surface area contributed by atoms with E-state index in [0.29, 0.717) is 0 Å². The Kier molecular flexibility index (Phi) is 2.10. The molecule has 0 fully saturated rings. The monoisotopic (exact) mass is 235 g/mol. The lowest BCUT2D eigenvalue weighted by atomic mass is 9.89. The highest BCUT2D eigenvalue weighted by Crippen LogP contribution is 2.39. The van der Waals surface area contributed by atoms with Gasteiger partial charge in [0.15, 0.2) is 5.76 Å². The highest BCUT2D eigenvalue weighted by atomic mass is 16.3. The first-order valence-electron chi connectivity index (χ1n) is 4.70. The molecule has 5 N–H and O–H groups in total. The molecule has 0 heterocycles. The highest BCUT2D eigenvalue weighted by molar-refractivity contribution is 6.52. The molecule has 1 aromatic carbocycles. The summed E-state index contributed by atoms with van der Waals surface area (Å²) in [4.78, 5) is 23.0. The Morgan fingerprint density at radius 3 is 2.24 bits per heavy atom. The first-order chi connectivity index (χ1) is 7.86. The summed E-state index contributed by atoms with van der Waals surface area (Å²) < 4.78 is 0. The van der Waals surface area contributed by atoms with Crippen molar-refractivity contribution in [2.45, 2.75) is 6.92 Å². The summed E-state index contributed by atoms with van der Waals surface area (Å²) in [5, 5.41) is 29.0. The van der Waals surface area contributed by atoms with Gasteiger partial charge in [0.05, 0.1) is 11.1 Å². The van der Waals surface area contributed by atoms with Crippen LogP contribution in [0.15, 0.2) is 11.8 Å². The average Bonchev–Trinajstić information content (AvgIpc) is 2.28. The van der Waals surface area contributed by atoms with E-state index < -0.39 is 40.1 Å². The lowest BCUT2D eigenvalue weighted by molar-refractivity contribution is -0.112. The lowest BCUT2D eigenvalue weighted by Crippen LogP contribution is -2.28. The zero-order chi connectivity index (χ0) is 12.9. The zero-order valence-corrected chi connectivity index (χ0v) is 8.81. The van der Waals surface area contributed by atoms with E-state index >= 15 is 0 Å². The third-order valence-electron chi connectivity index (χ3n) is 2.64. The van der Waals surface area contributed by atoms with Crippen molar-refractivity contribution in [1.29, 1.82) is 0 Å². The second-order valence-electron chi connectivity index (χ2n) is 3.73. The molecule has 0 aliphatic heterocycles. The van der Waals surface area contributed by atoms with Crippen LogP contribution >= 0.6 is 0 Å².